The number of nitrogens with zero attached hydrogens (tertiary/aromatic N) is 1. The second-order valence-electron chi connectivity index (χ2n) is 5.52. The van der Waals surface area contributed by atoms with Crippen molar-refractivity contribution in [3.63, 3.8) is 0 Å². The summed E-state index contributed by atoms with van der Waals surface area (Å²) in [5, 5.41) is 0. The summed E-state index contributed by atoms with van der Waals surface area (Å²) in [4.78, 5) is 14.2. The third kappa shape index (κ3) is 4.23. The summed E-state index contributed by atoms with van der Waals surface area (Å²) in [6.45, 7) is 5.01. The Kier molecular flexibility index (Phi) is 4.86. The molecule has 110 valence electrons. The topological polar surface area (TPSA) is 20.3 Å². The van der Waals surface area contributed by atoms with Gasteiger partial charge in [-0.1, -0.05) is 24.3 Å². The molecule has 0 aliphatic heterocycles. The Morgan fingerprint density at radius 2 is 1.71 bits per heavy atom. The predicted octanol–water partition coefficient (Wildman–Crippen LogP) is 3.76. The van der Waals surface area contributed by atoms with E-state index in [1.807, 2.05) is 44.0 Å². The molecule has 0 spiro atoms. The first-order chi connectivity index (χ1) is 9.95. The van der Waals surface area contributed by atoms with Crippen molar-refractivity contribution in [2.75, 3.05) is 13.6 Å². The molecule has 0 amide bonds. The zero-order chi connectivity index (χ0) is 15.4. The molecule has 0 saturated carbocycles. The van der Waals surface area contributed by atoms with Crippen LogP contribution in [0.3, 0.4) is 0 Å². The standard InChI is InChI=1S/C18H20FNO/c1-13-4-7-16(10-14(13)2)18(21)12-20(3)11-15-5-8-17(19)9-6-15/h4-10H,11-12H2,1-3H3. The third-order valence-corrected chi connectivity index (χ3v) is 3.61. The van der Waals surface area contributed by atoms with Crippen molar-refractivity contribution in [3.05, 3.63) is 70.5 Å². The van der Waals surface area contributed by atoms with Gasteiger partial charge in [-0.2, -0.15) is 0 Å². The molecule has 0 atom stereocenters. The smallest absolute Gasteiger partial charge is 0.176 e. The van der Waals surface area contributed by atoms with Gasteiger partial charge in [0.15, 0.2) is 5.78 Å². The zero-order valence-electron chi connectivity index (χ0n) is 12.7. The number of likely N-dealkylation sites (N-methyl/N-ethyl adjacent to an activating group) is 1. The summed E-state index contributed by atoms with van der Waals surface area (Å²) in [6, 6.07) is 12.1. The number of hydrogen-bond acceptors (Lipinski definition) is 2. The first kappa shape index (κ1) is 15.4. The van der Waals surface area contributed by atoms with E-state index >= 15 is 0 Å². The molecule has 2 nitrogen and oxygen atoms in total. The molecule has 0 aromatic heterocycles. The number of benzene rings is 2. The molecular weight excluding hydrogens is 265 g/mol. The maximum atomic E-state index is 12.9. The van der Waals surface area contributed by atoms with Gasteiger partial charge in [-0.25, -0.2) is 4.39 Å². The lowest BCUT2D eigenvalue weighted by molar-refractivity contribution is 0.0943. The lowest BCUT2D eigenvalue weighted by atomic mass is 10.0. The fourth-order valence-corrected chi connectivity index (χ4v) is 2.21. The highest BCUT2D eigenvalue weighted by molar-refractivity contribution is 5.97. The van der Waals surface area contributed by atoms with Crippen molar-refractivity contribution >= 4 is 5.78 Å². The van der Waals surface area contributed by atoms with Crippen molar-refractivity contribution in [3.8, 4) is 0 Å². The van der Waals surface area contributed by atoms with Crippen LogP contribution in [0.4, 0.5) is 4.39 Å². The molecular formula is C18H20FNO. The van der Waals surface area contributed by atoms with Crippen LogP contribution in [-0.4, -0.2) is 24.3 Å². The molecule has 0 aliphatic rings. The van der Waals surface area contributed by atoms with Crippen molar-refractivity contribution in [1.82, 2.24) is 4.90 Å². The van der Waals surface area contributed by atoms with Crippen LogP contribution in [0.5, 0.6) is 0 Å². The third-order valence-electron chi connectivity index (χ3n) is 3.61. The SMILES string of the molecule is Cc1ccc(C(=O)CN(C)Cc2ccc(F)cc2)cc1C. The fourth-order valence-electron chi connectivity index (χ4n) is 2.21. The largest absolute Gasteiger partial charge is 0.295 e. The summed E-state index contributed by atoms with van der Waals surface area (Å²) in [6.07, 6.45) is 0. The average molecular weight is 285 g/mol. The maximum absolute atomic E-state index is 12.9. The summed E-state index contributed by atoms with van der Waals surface area (Å²) >= 11 is 0. The van der Waals surface area contributed by atoms with Gasteiger partial charge in [0.1, 0.15) is 5.82 Å². The van der Waals surface area contributed by atoms with Gasteiger partial charge in [0.2, 0.25) is 0 Å². The molecule has 0 radical (unpaired) electrons. The Bertz CT molecular complexity index is 634. The lowest BCUT2D eigenvalue weighted by Gasteiger charge is -2.16. The van der Waals surface area contributed by atoms with Crippen LogP contribution in [0.25, 0.3) is 0 Å². The van der Waals surface area contributed by atoms with Gasteiger partial charge in [0.25, 0.3) is 0 Å². The Balaban J connectivity index is 1.98. The van der Waals surface area contributed by atoms with E-state index in [0.29, 0.717) is 13.1 Å². The fraction of sp³-hybridized carbons (Fsp3) is 0.278. The lowest BCUT2D eigenvalue weighted by Crippen LogP contribution is -2.25. The minimum atomic E-state index is -0.243. The van der Waals surface area contributed by atoms with Gasteiger partial charge in [0.05, 0.1) is 6.54 Å². The zero-order valence-corrected chi connectivity index (χ0v) is 12.7. The maximum Gasteiger partial charge on any atom is 0.176 e. The molecule has 2 aromatic carbocycles. The number of halogens is 1. The highest BCUT2D eigenvalue weighted by Crippen LogP contribution is 2.12. The van der Waals surface area contributed by atoms with Gasteiger partial charge < -0.3 is 0 Å². The van der Waals surface area contributed by atoms with Crippen molar-refractivity contribution in [2.45, 2.75) is 20.4 Å². The highest BCUT2D eigenvalue weighted by atomic mass is 19.1. The molecule has 0 unspecified atom stereocenters. The van der Waals surface area contributed by atoms with E-state index in [1.165, 1.54) is 17.7 Å². The quantitative estimate of drug-likeness (QED) is 0.780. The summed E-state index contributed by atoms with van der Waals surface area (Å²) in [5.74, 6) is -0.143. The van der Waals surface area contributed by atoms with Crippen LogP contribution < -0.4 is 0 Å². The van der Waals surface area contributed by atoms with E-state index in [9.17, 15) is 9.18 Å². The van der Waals surface area contributed by atoms with Gasteiger partial charge >= 0.3 is 0 Å². The number of ketones is 1. The molecule has 0 saturated heterocycles. The minimum absolute atomic E-state index is 0.0997. The predicted molar refractivity (Wildman–Crippen MR) is 83.0 cm³/mol. The van der Waals surface area contributed by atoms with Crippen molar-refractivity contribution < 1.29 is 9.18 Å². The van der Waals surface area contributed by atoms with Crippen LogP contribution in [-0.2, 0) is 6.54 Å². The second-order valence-corrected chi connectivity index (χ2v) is 5.52. The Hall–Kier alpha value is -2.00. The van der Waals surface area contributed by atoms with Crippen LogP contribution in [0.1, 0.15) is 27.0 Å². The van der Waals surface area contributed by atoms with Crippen LogP contribution in [0.15, 0.2) is 42.5 Å². The Labute approximate surface area is 125 Å². The minimum Gasteiger partial charge on any atom is -0.295 e. The first-order valence-corrected chi connectivity index (χ1v) is 6.99. The summed E-state index contributed by atoms with van der Waals surface area (Å²) < 4.78 is 12.9. The summed E-state index contributed by atoms with van der Waals surface area (Å²) in [7, 11) is 1.89. The van der Waals surface area contributed by atoms with Crippen LogP contribution >= 0.6 is 0 Å². The Morgan fingerprint density at radius 3 is 2.33 bits per heavy atom. The molecule has 0 bridgehead atoms. The summed E-state index contributed by atoms with van der Waals surface area (Å²) in [5.41, 5.74) is 4.05. The van der Waals surface area contributed by atoms with E-state index in [-0.39, 0.29) is 11.6 Å². The number of carbonyl (C=O) groups is 1. The van der Waals surface area contributed by atoms with Crippen molar-refractivity contribution in [1.29, 1.82) is 0 Å². The number of Topliss-reactive ketones (excluding diaryl/α,β-unsaturated/α-hetero) is 1. The van der Waals surface area contributed by atoms with Gasteiger partial charge in [-0.15, -0.1) is 0 Å². The Morgan fingerprint density at radius 1 is 1.05 bits per heavy atom. The van der Waals surface area contributed by atoms with E-state index in [0.717, 1.165) is 16.7 Å². The molecule has 21 heavy (non-hydrogen) atoms. The van der Waals surface area contributed by atoms with Gasteiger partial charge in [-0.3, -0.25) is 9.69 Å². The second kappa shape index (κ2) is 6.64. The van der Waals surface area contributed by atoms with Crippen LogP contribution in [0.2, 0.25) is 0 Å². The molecule has 0 N–H and O–H groups in total. The average Bonchev–Trinajstić information content (AvgIpc) is 2.44. The van der Waals surface area contributed by atoms with E-state index in [1.54, 1.807) is 12.1 Å². The number of hydrogen-bond donors (Lipinski definition) is 0. The van der Waals surface area contributed by atoms with E-state index in [2.05, 4.69) is 0 Å². The monoisotopic (exact) mass is 285 g/mol. The molecule has 0 heterocycles. The van der Waals surface area contributed by atoms with Gasteiger partial charge in [0, 0.05) is 12.1 Å². The highest BCUT2D eigenvalue weighted by Gasteiger charge is 2.10. The molecule has 2 aromatic rings. The molecule has 0 aliphatic carbocycles. The van der Waals surface area contributed by atoms with Crippen molar-refractivity contribution in [2.24, 2.45) is 0 Å². The molecule has 3 heteroatoms. The normalized spacial score (nSPS) is 10.9. The molecule has 2 rings (SSSR count). The van der Waals surface area contributed by atoms with Gasteiger partial charge in [-0.05, 0) is 55.8 Å². The molecule has 0 fully saturated rings. The van der Waals surface area contributed by atoms with E-state index < -0.39 is 0 Å². The first-order valence-electron chi connectivity index (χ1n) is 6.99. The van der Waals surface area contributed by atoms with Crippen LogP contribution in [0, 0.1) is 19.7 Å². The number of rotatable bonds is 5. The number of aryl methyl sites for hydroxylation is 2. The van der Waals surface area contributed by atoms with E-state index in [4.69, 9.17) is 0 Å². The number of carbonyl (C=O) groups excluding carboxylic acids is 1.